The summed E-state index contributed by atoms with van der Waals surface area (Å²) < 4.78 is 10.7. The summed E-state index contributed by atoms with van der Waals surface area (Å²) in [6.45, 7) is 1.38. The summed E-state index contributed by atoms with van der Waals surface area (Å²) in [5.41, 5.74) is 0.609. The van der Waals surface area contributed by atoms with Gasteiger partial charge in [-0.05, 0) is 75.2 Å². The second kappa shape index (κ2) is 9.11. The molecule has 0 spiro atoms. The van der Waals surface area contributed by atoms with Gasteiger partial charge in [-0.15, -0.1) is 0 Å². The molecule has 166 valence electrons. The van der Waals surface area contributed by atoms with Crippen molar-refractivity contribution < 1.29 is 23.8 Å². The van der Waals surface area contributed by atoms with Crippen molar-refractivity contribution in [2.45, 2.75) is 25.0 Å². The molecule has 2 aliphatic rings. The standard InChI is InChI=1S/C23H29N3O5/c1-25(2)19-10-15-12-26(13-16(15)11-20(19)27)22(28)14-31-18-7-5-17(6-8-18)24-23(29)21-4-3-9-30-21/h3-9,15-16,19-20,27H,10-14H2,1-2H3,(H,24,29)/t15-,16+,19-,20-/m1/s1. The van der Waals surface area contributed by atoms with Gasteiger partial charge in [0.15, 0.2) is 12.4 Å². The van der Waals surface area contributed by atoms with Crippen molar-refractivity contribution in [3.63, 3.8) is 0 Å². The summed E-state index contributed by atoms with van der Waals surface area (Å²) >= 11 is 0. The van der Waals surface area contributed by atoms with Crippen LogP contribution in [-0.2, 0) is 4.79 Å². The summed E-state index contributed by atoms with van der Waals surface area (Å²) in [5.74, 6) is 1.21. The number of nitrogens with zero attached hydrogens (tertiary/aromatic N) is 2. The van der Waals surface area contributed by atoms with Crippen LogP contribution in [0.1, 0.15) is 23.4 Å². The number of aliphatic hydroxyl groups excluding tert-OH is 1. The number of ether oxygens (including phenoxy) is 1. The van der Waals surface area contributed by atoms with Crippen LogP contribution in [0.25, 0.3) is 0 Å². The number of benzene rings is 1. The molecule has 0 bridgehead atoms. The maximum absolute atomic E-state index is 12.7. The Hall–Kier alpha value is -2.84. The highest BCUT2D eigenvalue weighted by Gasteiger charge is 2.43. The van der Waals surface area contributed by atoms with Crippen molar-refractivity contribution in [1.82, 2.24) is 9.80 Å². The lowest BCUT2D eigenvalue weighted by Crippen LogP contribution is -2.46. The normalized spacial score (nSPS) is 25.4. The highest BCUT2D eigenvalue weighted by atomic mass is 16.5. The van der Waals surface area contributed by atoms with Gasteiger partial charge in [0.1, 0.15) is 5.75 Å². The third kappa shape index (κ3) is 4.91. The summed E-state index contributed by atoms with van der Waals surface area (Å²) in [5, 5.41) is 13.1. The number of hydrogen-bond acceptors (Lipinski definition) is 6. The second-order valence-electron chi connectivity index (χ2n) is 8.63. The van der Waals surface area contributed by atoms with E-state index in [1.807, 2.05) is 19.0 Å². The zero-order chi connectivity index (χ0) is 22.0. The number of anilines is 1. The second-order valence-corrected chi connectivity index (χ2v) is 8.63. The van der Waals surface area contributed by atoms with Crippen LogP contribution in [0.4, 0.5) is 5.69 Å². The number of hydrogen-bond donors (Lipinski definition) is 2. The summed E-state index contributed by atoms with van der Waals surface area (Å²) in [4.78, 5) is 28.6. The van der Waals surface area contributed by atoms with Gasteiger partial charge in [-0.1, -0.05) is 0 Å². The molecule has 8 nitrogen and oxygen atoms in total. The molecular weight excluding hydrogens is 398 g/mol. The SMILES string of the molecule is CN(C)[C@@H]1C[C@@H]2CN(C(=O)COc3ccc(NC(=O)c4ccco4)cc3)C[C@@H]2C[C@H]1O. The lowest BCUT2D eigenvalue weighted by Gasteiger charge is -2.38. The number of likely N-dealkylation sites (tertiary alicyclic amines) is 1. The molecule has 2 amide bonds. The molecule has 1 aliphatic heterocycles. The average Bonchev–Trinajstić information content (AvgIpc) is 3.42. The molecule has 1 aromatic heterocycles. The first kappa shape index (κ1) is 21.4. The Morgan fingerprint density at radius 1 is 1.16 bits per heavy atom. The maximum atomic E-state index is 12.7. The number of fused-ring (bicyclic) bond motifs is 1. The largest absolute Gasteiger partial charge is 0.484 e. The van der Waals surface area contributed by atoms with Crippen molar-refractivity contribution >= 4 is 17.5 Å². The van der Waals surface area contributed by atoms with E-state index in [-0.39, 0.29) is 36.3 Å². The van der Waals surface area contributed by atoms with E-state index >= 15 is 0 Å². The van der Waals surface area contributed by atoms with Crippen LogP contribution < -0.4 is 10.1 Å². The first-order chi connectivity index (χ1) is 14.9. The lowest BCUT2D eigenvalue weighted by atomic mass is 9.77. The zero-order valence-electron chi connectivity index (χ0n) is 17.9. The Balaban J connectivity index is 1.26. The highest BCUT2D eigenvalue weighted by Crippen LogP contribution is 2.37. The van der Waals surface area contributed by atoms with E-state index in [1.165, 1.54) is 6.26 Å². The number of likely N-dealkylation sites (N-methyl/N-ethyl adjacent to an activating group) is 1. The first-order valence-electron chi connectivity index (χ1n) is 10.6. The van der Waals surface area contributed by atoms with Gasteiger partial charge in [0.2, 0.25) is 0 Å². The van der Waals surface area contributed by atoms with Crippen LogP contribution in [0.5, 0.6) is 5.75 Å². The Morgan fingerprint density at radius 2 is 1.87 bits per heavy atom. The summed E-state index contributed by atoms with van der Waals surface area (Å²) in [6.07, 6.45) is 2.76. The van der Waals surface area contributed by atoms with E-state index < -0.39 is 0 Å². The van der Waals surface area contributed by atoms with Crippen LogP contribution in [0.15, 0.2) is 47.1 Å². The Labute approximate surface area is 181 Å². The van der Waals surface area contributed by atoms with E-state index in [4.69, 9.17) is 9.15 Å². The van der Waals surface area contributed by atoms with Crippen LogP contribution in [0.3, 0.4) is 0 Å². The molecule has 8 heteroatoms. The van der Waals surface area contributed by atoms with Gasteiger partial charge >= 0.3 is 0 Å². The monoisotopic (exact) mass is 427 g/mol. The zero-order valence-corrected chi connectivity index (χ0v) is 17.9. The third-order valence-corrected chi connectivity index (χ3v) is 6.34. The molecule has 1 saturated heterocycles. The number of furan rings is 1. The molecule has 31 heavy (non-hydrogen) atoms. The van der Waals surface area contributed by atoms with Crippen molar-refractivity contribution in [3.8, 4) is 5.75 Å². The van der Waals surface area contributed by atoms with Gasteiger partial charge in [-0.3, -0.25) is 9.59 Å². The molecule has 2 fully saturated rings. The van der Waals surface area contributed by atoms with E-state index in [2.05, 4.69) is 10.2 Å². The number of aliphatic hydroxyl groups is 1. The predicted octanol–water partition coefficient (Wildman–Crippen LogP) is 2.07. The molecule has 2 heterocycles. The third-order valence-electron chi connectivity index (χ3n) is 6.34. The van der Waals surface area contributed by atoms with E-state index in [9.17, 15) is 14.7 Å². The fraction of sp³-hybridized carbons (Fsp3) is 0.478. The van der Waals surface area contributed by atoms with Gasteiger partial charge < -0.3 is 29.4 Å². The quantitative estimate of drug-likeness (QED) is 0.733. The van der Waals surface area contributed by atoms with Crippen LogP contribution in [0.2, 0.25) is 0 Å². The number of carbonyl (C=O) groups excluding carboxylic acids is 2. The molecule has 1 saturated carbocycles. The van der Waals surface area contributed by atoms with Crippen molar-refractivity contribution in [3.05, 3.63) is 48.4 Å². The lowest BCUT2D eigenvalue weighted by molar-refractivity contribution is -0.132. The van der Waals surface area contributed by atoms with Gasteiger partial charge in [0.05, 0.1) is 12.4 Å². The summed E-state index contributed by atoms with van der Waals surface area (Å²) in [6, 6.07) is 10.3. The van der Waals surface area contributed by atoms with E-state index in [1.54, 1.807) is 36.4 Å². The molecule has 2 N–H and O–H groups in total. The van der Waals surface area contributed by atoms with Crippen molar-refractivity contribution in [1.29, 1.82) is 0 Å². The van der Waals surface area contributed by atoms with Gasteiger partial charge in [0, 0.05) is 24.8 Å². The highest BCUT2D eigenvalue weighted by molar-refractivity contribution is 6.02. The summed E-state index contributed by atoms with van der Waals surface area (Å²) in [7, 11) is 3.99. The fourth-order valence-electron chi connectivity index (χ4n) is 4.64. The van der Waals surface area contributed by atoms with Gasteiger partial charge in [-0.25, -0.2) is 0 Å². The smallest absolute Gasteiger partial charge is 0.291 e. The molecule has 1 aliphatic carbocycles. The van der Waals surface area contributed by atoms with Crippen molar-refractivity contribution in [2.24, 2.45) is 11.8 Å². The topological polar surface area (TPSA) is 95.3 Å². The number of nitrogens with one attached hydrogen (secondary N) is 1. The molecular formula is C23H29N3O5. The number of rotatable bonds is 6. The fourth-order valence-corrected chi connectivity index (χ4v) is 4.64. The van der Waals surface area contributed by atoms with Gasteiger partial charge in [0.25, 0.3) is 11.8 Å². The molecule has 0 radical (unpaired) electrons. The molecule has 2 aromatic rings. The Morgan fingerprint density at radius 3 is 2.52 bits per heavy atom. The molecule has 0 unspecified atom stereocenters. The maximum Gasteiger partial charge on any atom is 0.291 e. The van der Waals surface area contributed by atoms with Crippen LogP contribution >= 0.6 is 0 Å². The minimum atomic E-state index is -0.339. The number of carbonyl (C=O) groups is 2. The average molecular weight is 428 g/mol. The molecule has 4 atom stereocenters. The first-order valence-corrected chi connectivity index (χ1v) is 10.6. The van der Waals surface area contributed by atoms with Crippen LogP contribution in [0, 0.1) is 11.8 Å². The molecule has 4 rings (SSSR count). The Kier molecular flexibility index (Phi) is 6.29. The number of amides is 2. The van der Waals surface area contributed by atoms with Crippen LogP contribution in [-0.4, -0.2) is 72.7 Å². The molecule has 1 aromatic carbocycles. The van der Waals surface area contributed by atoms with Gasteiger partial charge in [-0.2, -0.15) is 0 Å². The Bertz CT molecular complexity index is 896. The van der Waals surface area contributed by atoms with Crippen molar-refractivity contribution in [2.75, 3.05) is 39.1 Å². The predicted molar refractivity (Wildman–Crippen MR) is 115 cm³/mol. The van der Waals surface area contributed by atoms with E-state index in [0.29, 0.717) is 29.8 Å². The minimum absolute atomic E-state index is 0.0306. The van der Waals surface area contributed by atoms with E-state index in [0.717, 1.165) is 19.4 Å². The minimum Gasteiger partial charge on any atom is -0.484 e.